The Morgan fingerprint density at radius 2 is 1.98 bits per heavy atom. The molecule has 45 heavy (non-hydrogen) atoms. The van der Waals surface area contributed by atoms with E-state index >= 15 is 0 Å². The van der Waals surface area contributed by atoms with Crippen LogP contribution in [0.1, 0.15) is 74.6 Å². The number of benzene rings is 1. The molecule has 0 saturated heterocycles. The van der Waals surface area contributed by atoms with Gasteiger partial charge in [-0.25, -0.2) is 18.9 Å². The van der Waals surface area contributed by atoms with Gasteiger partial charge < -0.3 is 14.3 Å². The molecular formula is C34H36FN3O6S. The fourth-order valence-electron chi connectivity index (χ4n) is 9.31. The monoisotopic (exact) mass is 633 g/mol. The van der Waals surface area contributed by atoms with Crippen molar-refractivity contribution in [2.75, 3.05) is 5.75 Å². The third-order valence-corrected chi connectivity index (χ3v) is 12.4. The Labute approximate surface area is 264 Å². The molecule has 3 aromatic rings. The number of aromatic nitrogens is 3. The highest BCUT2D eigenvalue weighted by atomic mass is 32.2. The second-order valence-electron chi connectivity index (χ2n) is 13.6. The van der Waals surface area contributed by atoms with Crippen molar-refractivity contribution < 1.29 is 33.0 Å². The van der Waals surface area contributed by atoms with Crippen molar-refractivity contribution in [2.24, 2.45) is 28.6 Å². The van der Waals surface area contributed by atoms with E-state index in [9.17, 15) is 23.9 Å². The molecule has 4 aliphatic rings. The molecular weight excluding hydrogens is 597 g/mol. The highest BCUT2D eigenvalue weighted by Gasteiger charge is 2.70. The number of ketones is 1. The highest BCUT2D eigenvalue weighted by molar-refractivity contribution is 8.14. The van der Waals surface area contributed by atoms with Crippen molar-refractivity contribution in [1.82, 2.24) is 14.8 Å². The van der Waals surface area contributed by atoms with Crippen molar-refractivity contribution in [3.63, 3.8) is 0 Å². The Hall–Kier alpha value is -3.57. The van der Waals surface area contributed by atoms with Gasteiger partial charge in [-0.05, 0) is 105 Å². The lowest BCUT2D eigenvalue weighted by Gasteiger charge is -2.60. The van der Waals surface area contributed by atoms with Gasteiger partial charge in [-0.2, -0.15) is 5.10 Å². The molecule has 0 amide bonds. The molecule has 3 fully saturated rings. The summed E-state index contributed by atoms with van der Waals surface area (Å²) in [5.41, 5.74) is 1.38. The van der Waals surface area contributed by atoms with Crippen molar-refractivity contribution in [3.8, 4) is 5.69 Å². The molecule has 1 aromatic carbocycles. The van der Waals surface area contributed by atoms with Gasteiger partial charge in [0.25, 0.3) is 0 Å². The maximum atomic E-state index is 14.0. The number of nitrogens with zero attached hydrogens (tertiary/aromatic N) is 3. The van der Waals surface area contributed by atoms with Crippen LogP contribution in [0.4, 0.5) is 4.39 Å². The number of hydrogen-bond acceptors (Lipinski definition) is 9. The van der Waals surface area contributed by atoms with Gasteiger partial charge in [0.1, 0.15) is 17.9 Å². The Morgan fingerprint density at radius 1 is 1.20 bits per heavy atom. The lowest BCUT2D eigenvalue weighted by molar-refractivity contribution is -0.174. The predicted octanol–water partition coefficient (Wildman–Crippen LogP) is 5.60. The first-order valence-electron chi connectivity index (χ1n) is 15.5. The van der Waals surface area contributed by atoms with Gasteiger partial charge in [0.15, 0.2) is 17.7 Å². The summed E-state index contributed by atoms with van der Waals surface area (Å²) in [7, 11) is 0. The van der Waals surface area contributed by atoms with Crippen molar-refractivity contribution in [2.45, 2.75) is 71.0 Å². The topological polar surface area (TPSA) is 125 Å². The van der Waals surface area contributed by atoms with Gasteiger partial charge >= 0.3 is 5.97 Å². The van der Waals surface area contributed by atoms with Gasteiger partial charge in [-0.1, -0.05) is 31.2 Å². The van der Waals surface area contributed by atoms with Crippen LogP contribution in [0.2, 0.25) is 0 Å². The third-order valence-electron chi connectivity index (χ3n) is 11.3. The van der Waals surface area contributed by atoms with E-state index in [0.29, 0.717) is 19.3 Å². The fraction of sp³-hybridized carbons (Fsp3) is 0.500. The number of thioether (sulfide) groups is 1. The van der Waals surface area contributed by atoms with Crippen LogP contribution in [-0.2, 0) is 20.7 Å². The Morgan fingerprint density at radius 3 is 2.69 bits per heavy atom. The second-order valence-corrected chi connectivity index (χ2v) is 14.6. The van der Waals surface area contributed by atoms with Crippen molar-refractivity contribution >= 4 is 34.7 Å². The zero-order chi connectivity index (χ0) is 31.7. The van der Waals surface area contributed by atoms with Crippen LogP contribution < -0.4 is 0 Å². The molecule has 11 heteroatoms. The standard InChI is InChI=1S/C34H36FN3O6S/c1-19(39)17-45-31(42)34(44-30(41)26-16-43-18-36-26)11-10-25-24-9-4-21-12-27-20(15-37-38(27)23-7-5-22(35)6-8-23)13-32(21,2)29(24)28(40)14-33(25,34)3/h5-8,12,15-16,18,24-25,28-29,40H,4,9-11,13-14,17H2,1-3H3/t24-,25-,28-,29+,32-,33-,34-/m0/s1. The highest BCUT2D eigenvalue weighted by Crippen LogP contribution is 2.69. The number of carbonyl (C=O) groups excluding carboxylic acids is 3. The normalized spacial score (nSPS) is 33.3. The first-order chi connectivity index (χ1) is 21.5. The van der Waals surface area contributed by atoms with Crippen LogP contribution in [0.5, 0.6) is 0 Å². The number of fused-ring (bicyclic) bond motifs is 6. The van der Waals surface area contributed by atoms with Crippen LogP contribution in [0, 0.1) is 34.4 Å². The molecule has 0 spiro atoms. The minimum Gasteiger partial charge on any atom is -0.451 e. The summed E-state index contributed by atoms with van der Waals surface area (Å²) < 4.78 is 26.6. The molecule has 236 valence electrons. The molecule has 0 unspecified atom stereocenters. The van der Waals surface area contributed by atoms with Crippen molar-refractivity contribution in [3.05, 3.63) is 71.5 Å². The summed E-state index contributed by atoms with van der Waals surface area (Å²) in [5, 5.41) is 16.4. The molecule has 4 aliphatic carbocycles. The molecule has 7 atom stereocenters. The van der Waals surface area contributed by atoms with E-state index in [4.69, 9.17) is 9.15 Å². The average molecular weight is 634 g/mol. The molecule has 3 saturated carbocycles. The maximum Gasteiger partial charge on any atom is 0.361 e. The minimum absolute atomic E-state index is 0.0135. The number of aliphatic hydroxyl groups excluding tert-OH is 1. The number of aliphatic hydroxyl groups is 1. The zero-order valence-electron chi connectivity index (χ0n) is 25.5. The van der Waals surface area contributed by atoms with Crippen LogP contribution in [0.3, 0.4) is 0 Å². The number of carbonyl (C=O) groups is 3. The number of ether oxygens (including phenoxy) is 1. The van der Waals surface area contributed by atoms with Crippen LogP contribution in [0.15, 0.2) is 53.1 Å². The van der Waals surface area contributed by atoms with E-state index in [1.165, 1.54) is 30.9 Å². The lowest BCUT2D eigenvalue weighted by Crippen LogP contribution is -2.62. The fourth-order valence-corrected chi connectivity index (χ4v) is 10.3. The van der Waals surface area contributed by atoms with Crippen LogP contribution in [-0.4, -0.2) is 54.2 Å². The second kappa shape index (κ2) is 10.8. The van der Waals surface area contributed by atoms with Crippen molar-refractivity contribution in [1.29, 1.82) is 0 Å². The number of rotatable bonds is 6. The summed E-state index contributed by atoms with van der Waals surface area (Å²) in [6, 6.07) is 6.29. The number of hydrogen-bond donors (Lipinski definition) is 1. The van der Waals surface area contributed by atoms with E-state index in [2.05, 4.69) is 23.1 Å². The van der Waals surface area contributed by atoms with Gasteiger partial charge in [0.2, 0.25) is 5.12 Å². The van der Waals surface area contributed by atoms with Gasteiger partial charge in [0, 0.05) is 5.41 Å². The molecule has 0 radical (unpaired) electrons. The summed E-state index contributed by atoms with van der Waals surface area (Å²) in [4.78, 5) is 43.1. The molecule has 2 heterocycles. The Balaban J connectivity index is 1.23. The largest absolute Gasteiger partial charge is 0.451 e. The third kappa shape index (κ3) is 4.56. The van der Waals surface area contributed by atoms with E-state index in [1.54, 1.807) is 12.1 Å². The van der Waals surface area contributed by atoms with Crippen LogP contribution in [0.25, 0.3) is 11.8 Å². The Kier molecular flexibility index (Phi) is 7.20. The molecule has 0 aliphatic heterocycles. The van der Waals surface area contributed by atoms with Gasteiger partial charge in [-0.3, -0.25) is 9.59 Å². The first kappa shape index (κ1) is 30.1. The average Bonchev–Trinajstić information content (AvgIpc) is 3.73. The quantitative estimate of drug-likeness (QED) is 0.346. The number of oxazole rings is 1. The summed E-state index contributed by atoms with van der Waals surface area (Å²) >= 11 is 0.885. The van der Waals surface area contributed by atoms with E-state index < -0.39 is 23.1 Å². The smallest absolute Gasteiger partial charge is 0.361 e. The summed E-state index contributed by atoms with van der Waals surface area (Å²) in [6.45, 7) is 5.64. The van der Waals surface area contributed by atoms with E-state index in [-0.39, 0.29) is 57.8 Å². The lowest BCUT2D eigenvalue weighted by atomic mass is 9.45. The molecule has 2 aromatic heterocycles. The zero-order valence-corrected chi connectivity index (χ0v) is 26.3. The van der Waals surface area contributed by atoms with Gasteiger partial charge in [-0.15, -0.1) is 0 Å². The van der Waals surface area contributed by atoms with Gasteiger partial charge in [0.05, 0.1) is 29.4 Å². The van der Waals surface area contributed by atoms with E-state index in [0.717, 1.165) is 47.9 Å². The van der Waals surface area contributed by atoms with Crippen LogP contribution >= 0.6 is 11.8 Å². The summed E-state index contributed by atoms with van der Waals surface area (Å²) in [5.74, 6) is -1.18. The molecule has 7 rings (SSSR count). The maximum absolute atomic E-state index is 14.0. The molecule has 1 N–H and O–H groups in total. The number of Topliss-reactive ketones (excluding diaryl/α,β-unsaturated/α-hetero) is 1. The molecule has 9 nitrogen and oxygen atoms in total. The Bertz CT molecular complexity index is 1700. The number of esters is 1. The van der Waals surface area contributed by atoms with E-state index in [1.807, 2.05) is 17.8 Å². The minimum atomic E-state index is -1.52. The SMILES string of the molecule is CC(=O)CSC(=O)[C@@]1(OC(=O)c2cocn2)CC[C@H]2[C@@H]3CCC4=Cc5c(cnn5-c5ccc(F)cc5)C[C@]4(C)[C@H]3[C@@H](O)C[C@@]21C. The predicted molar refractivity (Wildman–Crippen MR) is 164 cm³/mol. The number of allylic oxidation sites excluding steroid dienone is 1. The first-order valence-corrected chi connectivity index (χ1v) is 16.5. The summed E-state index contributed by atoms with van der Waals surface area (Å²) in [6.07, 6.45) is 9.24. The number of halogens is 1. The molecule has 0 bridgehead atoms.